The zero-order valence-electron chi connectivity index (χ0n) is 21.2. The van der Waals surface area contributed by atoms with Crippen LogP contribution in [0.15, 0.2) is 85.0 Å². The van der Waals surface area contributed by atoms with E-state index >= 15 is 0 Å². The fourth-order valence-electron chi connectivity index (χ4n) is 4.38. The SMILES string of the molecule is C=Cc1cccc(S(=O)N(C)CCC(=O)Nc2ccc(N3CCN(c4ccncc4)CC3)cc2)c1C=C. The molecule has 1 unspecified atom stereocenters. The topological polar surface area (TPSA) is 68.8 Å². The number of nitrogens with zero attached hydrogens (tertiary/aromatic N) is 4. The van der Waals surface area contributed by atoms with Crippen LogP contribution < -0.4 is 15.1 Å². The largest absolute Gasteiger partial charge is 0.368 e. The van der Waals surface area contributed by atoms with Crippen LogP contribution in [-0.4, -0.2) is 59.2 Å². The van der Waals surface area contributed by atoms with Crippen LogP contribution >= 0.6 is 0 Å². The number of benzene rings is 2. The lowest BCUT2D eigenvalue weighted by atomic mass is 10.1. The standard InChI is InChI=1S/C29H33N5O2S/c1-4-23-7-6-8-28(27(23)5-2)37(36)32(3)18-15-29(35)31-24-9-11-25(12-10-24)33-19-21-34(22-20-33)26-13-16-30-17-14-26/h4-14,16-17H,1-2,15,18-22H2,3H3,(H,31,35). The summed E-state index contributed by atoms with van der Waals surface area (Å²) < 4.78 is 14.7. The smallest absolute Gasteiger partial charge is 0.225 e. The fourth-order valence-corrected chi connectivity index (χ4v) is 5.55. The van der Waals surface area contributed by atoms with Crippen LogP contribution in [0.25, 0.3) is 12.2 Å². The summed E-state index contributed by atoms with van der Waals surface area (Å²) in [7, 11) is 0.337. The number of nitrogens with one attached hydrogen (secondary N) is 1. The van der Waals surface area contributed by atoms with Gasteiger partial charge in [0.25, 0.3) is 0 Å². The maximum absolute atomic E-state index is 13.1. The predicted octanol–water partition coefficient (Wildman–Crippen LogP) is 4.68. The van der Waals surface area contributed by atoms with Crippen molar-refractivity contribution in [2.75, 3.05) is 54.9 Å². The van der Waals surface area contributed by atoms with Gasteiger partial charge in [0.1, 0.15) is 11.0 Å². The molecule has 0 bridgehead atoms. The molecule has 1 aliphatic rings. The number of amides is 1. The van der Waals surface area contributed by atoms with Gasteiger partial charge in [-0.1, -0.05) is 37.4 Å². The Labute approximate surface area is 221 Å². The van der Waals surface area contributed by atoms with Crippen molar-refractivity contribution in [1.82, 2.24) is 9.29 Å². The average Bonchev–Trinajstić information content (AvgIpc) is 2.96. The van der Waals surface area contributed by atoms with Gasteiger partial charge in [-0.15, -0.1) is 0 Å². The van der Waals surface area contributed by atoms with Crippen molar-refractivity contribution in [3.63, 3.8) is 0 Å². The fraction of sp³-hybridized carbons (Fsp3) is 0.241. The Hall–Kier alpha value is -3.75. The highest BCUT2D eigenvalue weighted by Crippen LogP contribution is 2.23. The van der Waals surface area contributed by atoms with Gasteiger partial charge in [0.2, 0.25) is 5.91 Å². The molecule has 4 rings (SSSR count). The van der Waals surface area contributed by atoms with Gasteiger partial charge in [0.05, 0.1) is 4.90 Å². The lowest BCUT2D eigenvalue weighted by molar-refractivity contribution is -0.116. The third-order valence-electron chi connectivity index (χ3n) is 6.47. The molecule has 2 heterocycles. The summed E-state index contributed by atoms with van der Waals surface area (Å²) in [6.07, 6.45) is 7.29. The van der Waals surface area contributed by atoms with Crippen molar-refractivity contribution in [2.24, 2.45) is 0 Å². The predicted molar refractivity (Wildman–Crippen MR) is 154 cm³/mol. The first-order valence-corrected chi connectivity index (χ1v) is 13.4. The first-order valence-electron chi connectivity index (χ1n) is 12.3. The summed E-state index contributed by atoms with van der Waals surface area (Å²) in [6, 6.07) is 17.6. The van der Waals surface area contributed by atoms with Crippen LogP contribution in [0.2, 0.25) is 0 Å². The van der Waals surface area contributed by atoms with Crippen molar-refractivity contribution in [2.45, 2.75) is 11.3 Å². The maximum Gasteiger partial charge on any atom is 0.225 e. The lowest BCUT2D eigenvalue weighted by Crippen LogP contribution is -2.46. The van der Waals surface area contributed by atoms with Gasteiger partial charge in [-0.3, -0.25) is 9.78 Å². The second-order valence-corrected chi connectivity index (χ2v) is 10.4. The van der Waals surface area contributed by atoms with Gasteiger partial charge in [0, 0.05) is 75.6 Å². The summed E-state index contributed by atoms with van der Waals surface area (Å²) in [6.45, 7) is 11.8. The molecule has 0 aliphatic carbocycles. The number of pyridine rings is 1. The van der Waals surface area contributed by atoms with Crippen LogP contribution in [0, 0.1) is 0 Å². The molecule has 1 aliphatic heterocycles. The highest BCUT2D eigenvalue weighted by atomic mass is 32.2. The Bertz CT molecular complexity index is 1260. The van der Waals surface area contributed by atoms with E-state index in [0.29, 0.717) is 11.4 Å². The quantitative estimate of drug-likeness (QED) is 0.425. The second kappa shape index (κ2) is 12.5. The first-order chi connectivity index (χ1) is 18.0. The van der Waals surface area contributed by atoms with Gasteiger partial charge < -0.3 is 15.1 Å². The summed E-state index contributed by atoms with van der Waals surface area (Å²) in [5.74, 6) is -0.119. The zero-order chi connectivity index (χ0) is 26.2. The molecule has 0 spiro atoms. The van der Waals surface area contributed by atoms with E-state index in [9.17, 15) is 9.00 Å². The van der Waals surface area contributed by atoms with Crippen LogP contribution in [0.1, 0.15) is 17.5 Å². The van der Waals surface area contributed by atoms with Gasteiger partial charge in [-0.2, -0.15) is 0 Å². The molecule has 3 aromatic rings. The zero-order valence-corrected chi connectivity index (χ0v) is 22.0. The molecular formula is C29H33N5O2S. The van der Waals surface area contributed by atoms with E-state index in [0.717, 1.165) is 48.7 Å². The van der Waals surface area contributed by atoms with E-state index in [1.165, 1.54) is 5.69 Å². The van der Waals surface area contributed by atoms with Gasteiger partial charge in [0.15, 0.2) is 0 Å². The Morgan fingerprint density at radius 1 is 0.973 bits per heavy atom. The van der Waals surface area contributed by atoms with Crippen LogP contribution in [0.4, 0.5) is 17.1 Å². The summed E-state index contributed by atoms with van der Waals surface area (Å²) in [5.41, 5.74) is 4.77. The van der Waals surface area contributed by atoms with Crippen LogP contribution in [0.5, 0.6) is 0 Å². The molecule has 192 valence electrons. The summed E-state index contributed by atoms with van der Waals surface area (Å²) >= 11 is 0. The Balaban J connectivity index is 1.26. The average molecular weight is 516 g/mol. The number of hydrogen-bond donors (Lipinski definition) is 1. The molecule has 1 saturated heterocycles. The Kier molecular flexibility index (Phi) is 8.87. The third kappa shape index (κ3) is 6.53. The van der Waals surface area contributed by atoms with Crippen molar-refractivity contribution < 1.29 is 9.00 Å². The van der Waals surface area contributed by atoms with Gasteiger partial charge in [-0.25, -0.2) is 8.51 Å². The van der Waals surface area contributed by atoms with E-state index in [2.05, 4.69) is 33.3 Å². The van der Waals surface area contributed by atoms with E-state index in [-0.39, 0.29) is 12.3 Å². The minimum atomic E-state index is -1.41. The molecule has 1 atom stereocenters. The number of rotatable bonds is 10. The molecule has 0 saturated carbocycles. The van der Waals surface area contributed by atoms with Crippen LogP contribution in [-0.2, 0) is 15.8 Å². The molecule has 1 amide bonds. The molecule has 1 fully saturated rings. The molecule has 1 N–H and O–H groups in total. The highest BCUT2D eigenvalue weighted by molar-refractivity contribution is 7.82. The third-order valence-corrected chi connectivity index (χ3v) is 7.95. The van der Waals surface area contributed by atoms with Gasteiger partial charge >= 0.3 is 0 Å². The number of piperazine rings is 1. The van der Waals surface area contributed by atoms with E-state index < -0.39 is 11.0 Å². The second-order valence-electron chi connectivity index (χ2n) is 8.79. The Morgan fingerprint density at radius 3 is 2.19 bits per heavy atom. The molecule has 1 aromatic heterocycles. The van der Waals surface area contributed by atoms with Crippen LogP contribution in [0.3, 0.4) is 0 Å². The number of carbonyl (C=O) groups excluding carboxylic acids is 1. The van der Waals surface area contributed by atoms with Crippen molar-refractivity contribution in [3.05, 3.63) is 91.3 Å². The molecule has 37 heavy (non-hydrogen) atoms. The van der Waals surface area contributed by atoms with E-state index in [4.69, 9.17) is 0 Å². The van der Waals surface area contributed by atoms with E-state index in [1.807, 2.05) is 67.0 Å². The lowest BCUT2D eigenvalue weighted by Gasteiger charge is -2.37. The maximum atomic E-state index is 13.1. The monoisotopic (exact) mass is 515 g/mol. The highest BCUT2D eigenvalue weighted by Gasteiger charge is 2.18. The molecule has 2 aromatic carbocycles. The normalized spacial score (nSPS) is 14.3. The number of hydrogen-bond acceptors (Lipinski definition) is 5. The van der Waals surface area contributed by atoms with Crippen molar-refractivity contribution in [3.8, 4) is 0 Å². The molecule has 0 radical (unpaired) electrons. The van der Waals surface area contributed by atoms with Crippen molar-refractivity contribution >= 4 is 46.1 Å². The minimum absolute atomic E-state index is 0.119. The molecular weight excluding hydrogens is 482 g/mol. The minimum Gasteiger partial charge on any atom is -0.368 e. The number of aromatic nitrogens is 1. The summed E-state index contributed by atoms with van der Waals surface area (Å²) in [5, 5.41) is 2.95. The first kappa shape index (κ1) is 26.3. The molecule has 7 nitrogen and oxygen atoms in total. The van der Waals surface area contributed by atoms with Gasteiger partial charge in [-0.05, 0) is 53.6 Å². The molecule has 8 heteroatoms. The van der Waals surface area contributed by atoms with Crippen molar-refractivity contribution in [1.29, 1.82) is 0 Å². The number of anilines is 3. The summed E-state index contributed by atoms with van der Waals surface area (Å²) in [4.78, 5) is 22.0. The Morgan fingerprint density at radius 2 is 1.59 bits per heavy atom. The van der Waals surface area contributed by atoms with E-state index in [1.54, 1.807) is 23.5 Å². The number of carbonyl (C=O) groups is 1.